The maximum atomic E-state index is 12.9. The Morgan fingerprint density at radius 2 is 2.00 bits per heavy atom. The van der Waals surface area contributed by atoms with Crippen LogP contribution >= 0.6 is 0 Å². The average molecular weight is 334 g/mol. The molecular formula is C16H23FN6O. The van der Waals surface area contributed by atoms with Crippen molar-refractivity contribution in [1.82, 2.24) is 25.4 Å². The predicted octanol–water partition coefficient (Wildman–Crippen LogP) is 1.40. The molecule has 0 aliphatic heterocycles. The average Bonchev–Trinajstić information content (AvgIpc) is 2.89. The first-order valence-corrected chi connectivity index (χ1v) is 7.71. The highest BCUT2D eigenvalue weighted by molar-refractivity contribution is 5.79. The summed E-state index contributed by atoms with van der Waals surface area (Å²) in [7, 11) is 3.61. The highest BCUT2D eigenvalue weighted by atomic mass is 19.1. The van der Waals surface area contributed by atoms with Crippen LogP contribution in [0.5, 0.6) is 5.75 Å². The largest absolute Gasteiger partial charge is 0.489 e. The predicted molar refractivity (Wildman–Crippen MR) is 90.4 cm³/mol. The zero-order valence-corrected chi connectivity index (χ0v) is 14.4. The molecule has 1 aromatic carbocycles. The maximum Gasteiger partial charge on any atom is 0.191 e. The van der Waals surface area contributed by atoms with Gasteiger partial charge in [0.2, 0.25) is 0 Å². The van der Waals surface area contributed by atoms with E-state index in [4.69, 9.17) is 4.74 Å². The van der Waals surface area contributed by atoms with E-state index < -0.39 is 0 Å². The molecule has 0 aliphatic rings. The number of hydrogen-bond donors (Lipinski definition) is 2. The van der Waals surface area contributed by atoms with Crippen LogP contribution in [0.1, 0.15) is 18.6 Å². The second-order valence-corrected chi connectivity index (χ2v) is 5.41. The summed E-state index contributed by atoms with van der Waals surface area (Å²) < 4.78 is 20.5. The van der Waals surface area contributed by atoms with Gasteiger partial charge in [0.25, 0.3) is 0 Å². The molecule has 2 rings (SSSR count). The van der Waals surface area contributed by atoms with Gasteiger partial charge in [-0.3, -0.25) is 4.99 Å². The first kappa shape index (κ1) is 17.7. The van der Waals surface area contributed by atoms with Crippen LogP contribution in [0.2, 0.25) is 0 Å². The third kappa shape index (κ3) is 4.94. The summed E-state index contributed by atoms with van der Waals surface area (Å²) in [4.78, 5) is 4.16. The van der Waals surface area contributed by atoms with E-state index in [-0.39, 0.29) is 11.9 Å². The van der Waals surface area contributed by atoms with E-state index in [1.54, 1.807) is 19.2 Å². The molecule has 0 spiro atoms. The van der Waals surface area contributed by atoms with Crippen LogP contribution in [0.3, 0.4) is 0 Å². The van der Waals surface area contributed by atoms with Gasteiger partial charge in [0, 0.05) is 14.1 Å². The van der Waals surface area contributed by atoms with E-state index in [9.17, 15) is 4.39 Å². The number of nitrogens with one attached hydrogen (secondary N) is 2. The Bertz CT molecular complexity index is 682. The molecule has 0 radical (unpaired) electrons. The number of rotatable bonds is 6. The van der Waals surface area contributed by atoms with Crippen LogP contribution in [0, 0.1) is 12.7 Å². The second-order valence-electron chi connectivity index (χ2n) is 5.41. The minimum Gasteiger partial charge on any atom is -0.489 e. The molecule has 0 fully saturated rings. The summed E-state index contributed by atoms with van der Waals surface area (Å²) >= 11 is 0. The summed E-state index contributed by atoms with van der Waals surface area (Å²) in [5, 5.41) is 14.5. The van der Waals surface area contributed by atoms with Gasteiger partial charge in [-0.15, -0.1) is 10.2 Å². The number of hydrogen-bond acceptors (Lipinski definition) is 4. The molecule has 1 aromatic heterocycles. The normalized spacial score (nSPS) is 12.8. The van der Waals surface area contributed by atoms with Crippen LogP contribution in [0.4, 0.5) is 4.39 Å². The number of halogens is 1. The van der Waals surface area contributed by atoms with E-state index in [0.717, 1.165) is 11.6 Å². The van der Waals surface area contributed by atoms with Gasteiger partial charge in [-0.2, -0.15) is 0 Å². The lowest BCUT2D eigenvalue weighted by molar-refractivity contribution is 0.223. The molecule has 8 heteroatoms. The minimum atomic E-state index is -0.281. The molecule has 7 nitrogen and oxygen atoms in total. The quantitative estimate of drug-likeness (QED) is 0.617. The first-order valence-electron chi connectivity index (χ1n) is 7.71. The van der Waals surface area contributed by atoms with Gasteiger partial charge >= 0.3 is 0 Å². The second kappa shape index (κ2) is 8.28. The fraction of sp³-hybridized carbons (Fsp3) is 0.438. The summed E-state index contributed by atoms with van der Waals surface area (Å²) in [5.41, 5.74) is 0. The number of nitrogens with zero attached hydrogens (tertiary/aromatic N) is 4. The lowest BCUT2D eigenvalue weighted by Crippen LogP contribution is -2.41. The molecule has 0 saturated carbocycles. The standard InChI is InChI=1S/C16H23FN6O/c1-11(24-14-7-5-13(17)6-8-14)9-19-16(18-3)20-10-15-22-21-12(2)23(15)4/h5-8,11H,9-10H2,1-4H3,(H2,18,19,20). The van der Waals surface area contributed by atoms with Crippen molar-refractivity contribution >= 4 is 5.96 Å². The first-order chi connectivity index (χ1) is 11.5. The Morgan fingerprint density at radius 1 is 1.29 bits per heavy atom. The third-order valence-electron chi connectivity index (χ3n) is 3.53. The summed E-state index contributed by atoms with van der Waals surface area (Å²) in [5.74, 6) is 2.67. The SMILES string of the molecule is CN=C(NCc1nnc(C)n1C)NCC(C)Oc1ccc(F)cc1. The van der Waals surface area contributed by atoms with Gasteiger partial charge in [0.15, 0.2) is 11.8 Å². The number of aromatic nitrogens is 3. The van der Waals surface area contributed by atoms with Crippen molar-refractivity contribution in [3.05, 3.63) is 41.7 Å². The Kier molecular flexibility index (Phi) is 6.11. The third-order valence-corrected chi connectivity index (χ3v) is 3.53. The smallest absolute Gasteiger partial charge is 0.191 e. The fourth-order valence-corrected chi connectivity index (χ4v) is 2.02. The van der Waals surface area contributed by atoms with E-state index in [0.29, 0.717) is 24.8 Å². The summed E-state index contributed by atoms with van der Waals surface area (Å²) in [6.45, 7) is 4.90. The molecule has 0 amide bonds. The Hall–Kier alpha value is -2.64. The molecule has 1 unspecified atom stereocenters. The van der Waals surface area contributed by atoms with E-state index in [2.05, 4.69) is 25.8 Å². The lowest BCUT2D eigenvalue weighted by atomic mass is 10.3. The van der Waals surface area contributed by atoms with Crippen molar-refractivity contribution in [2.45, 2.75) is 26.5 Å². The van der Waals surface area contributed by atoms with Gasteiger partial charge in [-0.1, -0.05) is 0 Å². The monoisotopic (exact) mass is 334 g/mol. The van der Waals surface area contributed by atoms with Gasteiger partial charge < -0.3 is 19.9 Å². The van der Waals surface area contributed by atoms with Gasteiger partial charge in [-0.25, -0.2) is 4.39 Å². The van der Waals surface area contributed by atoms with E-state index in [1.165, 1.54) is 12.1 Å². The van der Waals surface area contributed by atoms with Crippen molar-refractivity contribution in [1.29, 1.82) is 0 Å². The number of guanidine groups is 1. The molecule has 1 heterocycles. The number of ether oxygens (including phenoxy) is 1. The summed E-state index contributed by atoms with van der Waals surface area (Å²) in [6.07, 6.45) is -0.105. The van der Waals surface area contributed by atoms with Crippen LogP contribution in [0.25, 0.3) is 0 Å². The van der Waals surface area contributed by atoms with E-state index >= 15 is 0 Å². The topological polar surface area (TPSA) is 76.4 Å². The van der Waals surface area contributed by atoms with Gasteiger partial charge in [-0.05, 0) is 38.1 Å². The van der Waals surface area contributed by atoms with Crippen molar-refractivity contribution in [3.8, 4) is 5.75 Å². The molecule has 1 atom stereocenters. The molecule has 0 aliphatic carbocycles. The van der Waals surface area contributed by atoms with Crippen LogP contribution < -0.4 is 15.4 Å². The number of aryl methyl sites for hydroxylation is 1. The van der Waals surface area contributed by atoms with Crippen molar-refractivity contribution < 1.29 is 9.13 Å². The molecule has 130 valence electrons. The van der Waals surface area contributed by atoms with E-state index in [1.807, 2.05) is 25.5 Å². The van der Waals surface area contributed by atoms with Crippen molar-refractivity contribution in [3.63, 3.8) is 0 Å². The Labute approximate surface area is 141 Å². The fourth-order valence-electron chi connectivity index (χ4n) is 2.02. The van der Waals surface area contributed by atoms with Crippen LogP contribution in [-0.2, 0) is 13.6 Å². The van der Waals surface area contributed by atoms with Gasteiger partial charge in [0.05, 0.1) is 13.1 Å². The Balaban J connectivity index is 1.78. The van der Waals surface area contributed by atoms with Crippen molar-refractivity contribution in [2.24, 2.45) is 12.0 Å². The minimum absolute atomic E-state index is 0.105. The summed E-state index contributed by atoms with van der Waals surface area (Å²) in [6, 6.07) is 5.96. The Morgan fingerprint density at radius 3 is 2.58 bits per heavy atom. The maximum absolute atomic E-state index is 12.9. The van der Waals surface area contributed by atoms with Crippen molar-refractivity contribution in [2.75, 3.05) is 13.6 Å². The molecule has 24 heavy (non-hydrogen) atoms. The highest BCUT2D eigenvalue weighted by Crippen LogP contribution is 2.12. The number of aliphatic imine (C=N–C) groups is 1. The zero-order valence-electron chi connectivity index (χ0n) is 14.4. The highest BCUT2D eigenvalue weighted by Gasteiger charge is 2.08. The van der Waals surface area contributed by atoms with Gasteiger partial charge in [0.1, 0.15) is 23.5 Å². The molecule has 0 bridgehead atoms. The number of benzene rings is 1. The van der Waals surface area contributed by atoms with Crippen LogP contribution in [0.15, 0.2) is 29.3 Å². The van der Waals surface area contributed by atoms with Crippen LogP contribution in [-0.4, -0.2) is 40.4 Å². The zero-order chi connectivity index (χ0) is 17.5. The molecule has 2 N–H and O–H groups in total. The lowest BCUT2D eigenvalue weighted by Gasteiger charge is -2.17. The molecule has 2 aromatic rings. The molecule has 0 saturated heterocycles. The molecular weight excluding hydrogens is 311 g/mol.